The summed E-state index contributed by atoms with van der Waals surface area (Å²) < 4.78 is 5.04. The second kappa shape index (κ2) is 3.24. The molecule has 11 heavy (non-hydrogen) atoms. The summed E-state index contributed by atoms with van der Waals surface area (Å²) >= 11 is 0. The highest BCUT2D eigenvalue weighted by atomic mass is 16.5. The van der Waals surface area contributed by atoms with E-state index in [1.54, 1.807) is 7.11 Å². The molecule has 0 aliphatic rings. The summed E-state index contributed by atoms with van der Waals surface area (Å²) in [5, 5.41) is 0. The van der Waals surface area contributed by atoms with Gasteiger partial charge in [0.2, 0.25) is 0 Å². The van der Waals surface area contributed by atoms with Gasteiger partial charge in [0.15, 0.2) is 0 Å². The average Bonchev–Trinajstić information content (AvgIpc) is 2.05. The summed E-state index contributed by atoms with van der Waals surface area (Å²) in [5.74, 6) is 0.849. The van der Waals surface area contributed by atoms with Gasteiger partial charge in [-0.1, -0.05) is 12.6 Å². The van der Waals surface area contributed by atoms with Gasteiger partial charge in [0, 0.05) is 0 Å². The van der Waals surface area contributed by atoms with Crippen molar-refractivity contribution in [2.24, 2.45) is 0 Å². The van der Waals surface area contributed by atoms with Crippen molar-refractivity contribution in [2.75, 3.05) is 7.11 Å². The first-order valence-corrected chi connectivity index (χ1v) is 3.45. The molecule has 0 aromatic heterocycles. The Hall–Kier alpha value is -1.24. The largest absolute Gasteiger partial charge is 0.497 e. The first-order valence-electron chi connectivity index (χ1n) is 3.45. The molecule has 0 aliphatic carbocycles. The molecule has 1 heteroatoms. The van der Waals surface area contributed by atoms with Crippen molar-refractivity contribution in [1.82, 2.24) is 0 Å². The zero-order valence-corrected chi connectivity index (χ0v) is 6.85. The van der Waals surface area contributed by atoms with E-state index < -0.39 is 0 Å². The lowest BCUT2D eigenvalue weighted by molar-refractivity contribution is 0.414. The van der Waals surface area contributed by atoms with E-state index in [1.165, 1.54) is 5.56 Å². The lowest BCUT2D eigenvalue weighted by atomic mass is 10.1. The molecule has 0 spiro atoms. The topological polar surface area (TPSA) is 9.23 Å². The number of rotatable bonds is 2. The van der Waals surface area contributed by atoms with Gasteiger partial charge in [0.05, 0.1) is 7.11 Å². The smallest absolute Gasteiger partial charge is 0.119 e. The van der Waals surface area contributed by atoms with Gasteiger partial charge in [0.25, 0.3) is 0 Å². The SMILES string of the molecule is C=[C]c1cc(OC)ccc1C. The fraction of sp³-hybridized carbons (Fsp3) is 0.200. The summed E-state index contributed by atoms with van der Waals surface area (Å²) in [7, 11) is 1.65. The monoisotopic (exact) mass is 147 g/mol. The van der Waals surface area contributed by atoms with Crippen LogP contribution in [0.15, 0.2) is 24.8 Å². The van der Waals surface area contributed by atoms with Crippen LogP contribution in [0.2, 0.25) is 0 Å². The number of methoxy groups -OCH3 is 1. The van der Waals surface area contributed by atoms with Crippen molar-refractivity contribution in [2.45, 2.75) is 6.92 Å². The van der Waals surface area contributed by atoms with E-state index in [-0.39, 0.29) is 0 Å². The van der Waals surface area contributed by atoms with Crippen molar-refractivity contribution >= 4 is 0 Å². The molecular weight excluding hydrogens is 136 g/mol. The molecule has 0 unspecified atom stereocenters. The van der Waals surface area contributed by atoms with Crippen LogP contribution in [-0.4, -0.2) is 7.11 Å². The average molecular weight is 147 g/mol. The molecule has 0 N–H and O–H groups in total. The van der Waals surface area contributed by atoms with E-state index >= 15 is 0 Å². The Bertz CT molecular complexity index is 264. The first kappa shape index (κ1) is 7.86. The minimum atomic E-state index is 0.849. The lowest BCUT2D eigenvalue weighted by Crippen LogP contribution is -1.86. The van der Waals surface area contributed by atoms with E-state index in [0.717, 1.165) is 11.3 Å². The minimum absolute atomic E-state index is 0.849. The van der Waals surface area contributed by atoms with Crippen LogP contribution in [-0.2, 0) is 0 Å². The second-order valence-corrected chi connectivity index (χ2v) is 2.36. The Morgan fingerprint density at radius 2 is 2.18 bits per heavy atom. The molecule has 1 aromatic carbocycles. The zero-order chi connectivity index (χ0) is 8.27. The van der Waals surface area contributed by atoms with E-state index in [4.69, 9.17) is 4.74 Å². The highest BCUT2D eigenvalue weighted by molar-refractivity contribution is 5.37. The Morgan fingerprint density at radius 3 is 2.73 bits per heavy atom. The van der Waals surface area contributed by atoms with E-state index in [0.29, 0.717) is 0 Å². The van der Waals surface area contributed by atoms with Crippen molar-refractivity contribution in [3.05, 3.63) is 42.0 Å². The Kier molecular flexibility index (Phi) is 2.32. The fourth-order valence-corrected chi connectivity index (χ4v) is 0.919. The molecule has 1 rings (SSSR count). The zero-order valence-electron chi connectivity index (χ0n) is 6.85. The summed E-state index contributed by atoms with van der Waals surface area (Å²) in [6.07, 6.45) is 2.84. The maximum absolute atomic E-state index is 5.04. The summed E-state index contributed by atoms with van der Waals surface area (Å²) in [6, 6.07) is 5.84. The molecule has 0 amide bonds. The molecule has 0 saturated carbocycles. The molecule has 0 heterocycles. The lowest BCUT2D eigenvalue weighted by Gasteiger charge is -2.02. The van der Waals surface area contributed by atoms with Gasteiger partial charge in [-0.05, 0) is 36.3 Å². The summed E-state index contributed by atoms with van der Waals surface area (Å²) in [5.41, 5.74) is 2.17. The second-order valence-electron chi connectivity index (χ2n) is 2.36. The first-order chi connectivity index (χ1) is 5.27. The van der Waals surface area contributed by atoms with Crippen LogP contribution >= 0.6 is 0 Å². The molecule has 1 aromatic rings. The number of aryl methyl sites for hydroxylation is 1. The van der Waals surface area contributed by atoms with Gasteiger partial charge in [-0.25, -0.2) is 0 Å². The van der Waals surface area contributed by atoms with Crippen LogP contribution in [0.5, 0.6) is 5.75 Å². The van der Waals surface area contributed by atoms with Crippen molar-refractivity contribution < 1.29 is 4.74 Å². The normalized spacial score (nSPS) is 9.27. The predicted octanol–water partition coefficient (Wildman–Crippen LogP) is 2.34. The number of ether oxygens (including phenoxy) is 1. The maximum atomic E-state index is 5.04. The third-order valence-corrected chi connectivity index (χ3v) is 1.64. The highest BCUT2D eigenvalue weighted by Crippen LogP contribution is 2.16. The quantitative estimate of drug-likeness (QED) is 0.624. The molecule has 0 saturated heterocycles. The molecule has 0 aliphatic heterocycles. The molecule has 0 atom stereocenters. The van der Waals surface area contributed by atoms with Crippen LogP contribution in [0.25, 0.3) is 0 Å². The van der Waals surface area contributed by atoms with Gasteiger partial charge >= 0.3 is 0 Å². The minimum Gasteiger partial charge on any atom is -0.497 e. The molecule has 0 bridgehead atoms. The van der Waals surface area contributed by atoms with Crippen LogP contribution < -0.4 is 4.74 Å². The molecule has 1 nitrogen and oxygen atoms in total. The summed E-state index contributed by atoms with van der Waals surface area (Å²) in [6.45, 7) is 5.61. The maximum Gasteiger partial charge on any atom is 0.119 e. The van der Waals surface area contributed by atoms with Gasteiger partial charge in [0.1, 0.15) is 5.75 Å². The predicted molar refractivity (Wildman–Crippen MR) is 45.7 cm³/mol. The van der Waals surface area contributed by atoms with Crippen molar-refractivity contribution in [3.8, 4) is 5.75 Å². The van der Waals surface area contributed by atoms with Crippen molar-refractivity contribution in [3.63, 3.8) is 0 Å². The highest BCUT2D eigenvalue weighted by Gasteiger charge is 1.95. The Balaban J connectivity index is 3.12. The van der Waals surface area contributed by atoms with Crippen LogP contribution in [0.3, 0.4) is 0 Å². The molecular formula is C10H11O. The standard InChI is InChI=1S/C10H11O/c1-4-9-7-10(11-3)6-5-8(9)2/h5-7H,1H2,2-3H3. The third-order valence-electron chi connectivity index (χ3n) is 1.64. The van der Waals surface area contributed by atoms with Gasteiger partial charge < -0.3 is 4.74 Å². The Morgan fingerprint density at radius 1 is 1.45 bits per heavy atom. The number of hydrogen-bond donors (Lipinski definition) is 0. The van der Waals surface area contributed by atoms with Gasteiger partial charge in [-0.2, -0.15) is 0 Å². The van der Waals surface area contributed by atoms with E-state index in [9.17, 15) is 0 Å². The van der Waals surface area contributed by atoms with E-state index in [2.05, 4.69) is 12.7 Å². The van der Waals surface area contributed by atoms with Crippen LogP contribution in [0.1, 0.15) is 11.1 Å². The number of benzene rings is 1. The summed E-state index contributed by atoms with van der Waals surface area (Å²) in [4.78, 5) is 0. The third kappa shape index (κ3) is 1.61. The van der Waals surface area contributed by atoms with Crippen LogP contribution in [0, 0.1) is 13.0 Å². The number of hydrogen-bond acceptors (Lipinski definition) is 1. The molecule has 57 valence electrons. The van der Waals surface area contributed by atoms with Gasteiger partial charge in [-0.3, -0.25) is 0 Å². The molecule has 1 radical (unpaired) electrons. The molecule has 0 fully saturated rings. The van der Waals surface area contributed by atoms with Crippen LogP contribution in [0.4, 0.5) is 0 Å². The van der Waals surface area contributed by atoms with Crippen molar-refractivity contribution in [1.29, 1.82) is 0 Å². The fourth-order valence-electron chi connectivity index (χ4n) is 0.919. The van der Waals surface area contributed by atoms with E-state index in [1.807, 2.05) is 25.1 Å². The van der Waals surface area contributed by atoms with Gasteiger partial charge in [-0.15, -0.1) is 0 Å². The Labute approximate surface area is 67.3 Å².